The van der Waals surface area contributed by atoms with Crippen LogP contribution in [0.4, 0.5) is 5.95 Å². The average Bonchev–Trinajstić information content (AvgIpc) is 2.80. The van der Waals surface area contributed by atoms with Crippen LogP contribution in [0.2, 0.25) is 0 Å². The summed E-state index contributed by atoms with van der Waals surface area (Å²) < 4.78 is 15.1. The lowest BCUT2D eigenvalue weighted by atomic mass is 10.1. The van der Waals surface area contributed by atoms with Gasteiger partial charge in [-0.15, -0.1) is 0 Å². The van der Waals surface area contributed by atoms with E-state index >= 15 is 0 Å². The lowest BCUT2D eigenvalue weighted by Crippen LogP contribution is -2.43. The zero-order valence-electron chi connectivity index (χ0n) is 17.4. The molecular weight excluding hydrogens is 424 g/mol. The van der Waals surface area contributed by atoms with Gasteiger partial charge in [0.05, 0.1) is 20.3 Å². The monoisotopic (exact) mass is 448 g/mol. The Morgan fingerprint density at radius 1 is 1.06 bits per heavy atom. The minimum absolute atomic E-state index is 0.0615. The normalized spacial score (nSPS) is 11.2. The summed E-state index contributed by atoms with van der Waals surface area (Å²) in [6, 6.07) is 9.08. The molecule has 0 saturated carbocycles. The molecule has 0 saturated heterocycles. The molecule has 0 fully saturated rings. The summed E-state index contributed by atoms with van der Waals surface area (Å²) in [6.07, 6.45) is 2.24. The molecule has 1 aromatic carbocycles. The summed E-state index contributed by atoms with van der Waals surface area (Å²) in [6.45, 7) is -0.571. The molecule has 0 aliphatic rings. The van der Waals surface area contributed by atoms with Gasteiger partial charge in [-0.1, -0.05) is 18.2 Å². The number of aromatic nitrogens is 2. The second kappa shape index (κ2) is 12.4. The highest BCUT2D eigenvalue weighted by molar-refractivity contribution is 7.98. The van der Waals surface area contributed by atoms with Gasteiger partial charge in [0, 0.05) is 5.56 Å². The third kappa shape index (κ3) is 7.78. The number of thioether (sulfide) groups is 1. The number of nitrogens with one attached hydrogen (secondary N) is 2. The van der Waals surface area contributed by atoms with Gasteiger partial charge in [0.1, 0.15) is 6.04 Å². The van der Waals surface area contributed by atoms with Crippen molar-refractivity contribution >= 4 is 35.5 Å². The van der Waals surface area contributed by atoms with Crippen molar-refractivity contribution in [3.05, 3.63) is 42.0 Å². The van der Waals surface area contributed by atoms with E-state index in [1.165, 1.54) is 32.0 Å². The van der Waals surface area contributed by atoms with Crippen LogP contribution in [0.1, 0.15) is 16.8 Å². The van der Waals surface area contributed by atoms with Crippen molar-refractivity contribution in [2.45, 2.75) is 12.5 Å². The van der Waals surface area contributed by atoms with Crippen LogP contribution in [0.5, 0.6) is 11.8 Å². The van der Waals surface area contributed by atoms with Gasteiger partial charge in [-0.05, 0) is 30.6 Å². The fourth-order valence-corrected chi connectivity index (χ4v) is 2.85. The van der Waals surface area contributed by atoms with Gasteiger partial charge in [0.2, 0.25) is 17.7 Å². The summed E-state index contributed by atoms with van der Waals surface area (Å²) in [4.78, 5) is 44.9. The predicted octanol–water partition coefficient (Wildman–Crippen LogP) is 1.53. The van der Waals surface area contributed by atoms with E-state index in [4.69, 9.17) is 14.2 Å². The van der Waals surface area contributed by atoms with E-state index in [1.807, 2.05) is 6.26 Å². The number of hydrogen-bond donors (Lipinski definition) is 2. The summed E-state index contributed by atoms with van der Waals surface area (Å²) >= 11 is 1.52. The molecule has 0 aliphatic heterocycles. The summed E-state index contributed by atoms with van der Waals surface area (Å²) in [5, 5.41) is 5.06. The van der Waals surface area contributed by atoms with E-state index in [0.29, 0.717) is 17.7 Å². The second-order valence-corrected chi connectivity index (χ2v) is 7.09. The topological polar surface area (TPSA) is 129 Å². The molecule has 2 aromatic rings. The third-order valence-electron chi connectivity index (χ3n) is 3.93. The van der Waals surface area contributed by atoms with E-state index in [1.54, 1.807) is 30.3 Å². The molecule has 2 N–H and O–H groups in total. The van der Waals surface area contributed by atoms with Gasteiger partial charge >= 0.3 is 5.97 Å². The molecule has 0 aliphatic carbocycles. The van der Waals surface area contributed by atoms with Gasteiger partial charge in [0.25, 0.3) is 11.8 Å². The van der Waals surface area contributed by atoms with E-state index in [9.17, 15) is 14.4 Å². The zero-order valence-corrected chi connectivity index (χ0v) is 18.2. The van der Waals surface area contributed by atoms with Gasteiger partial charge < -0.3 is 19.5 Å². The number of amides is 2. The van der Waals surface area contributed by atoms with E-state index < -0.39 is 30.4 Å². The first-order valence-corrected chi connectivity index (χ1v) is 10.6. The van der Waals surface area contributed by atoms with Crippen LogP contribution in [0.25, 0.3) is 0 Å². The molecule has 31 heavy (non-hydrogen) atoms. The van der Waals surface area contributed by atoms with Crippen molar-refractivity contribution < 1.29 is 28.6 Å². The second-order valence-electron chi connectivity index (χ2n) is 6.11. The fraction of sp³-hybridized carbons (Fsp3) is 0.350. The Labute approximate surface area is 184 Å². The summed E-state index contributed by atoms with van der Waals surface area (Å²) in [5.41, 5.74) is 0.423. The smallest absolute Gasteiger partial charge is 0.329 e. The molecule has 0 bridgehead atoms. The van der Waals surface area contributed by atoms with Crippen molar-refractivity contribution in [3.8, 4) is 11.8 Å². The molecule has 0 radical (unpaired) electrons. The molecule has 11 heteroatoms. The number of methoxy groups -OCH3 is 2. The van der Waals surface area contributed by atoms with Gasteiger partial charge in [0.15, 0.2) is 6.61 Å². The van der Waals surface area contributed by atoms with E-state index in [0.717, 1.165) is 0 Å². The lowest BCUT2D eigenvalue weighted by Gasteiger charge is -2.17. The summed E-state index contributed by atoms with van der Waals surface area (Å²) in [5.74, 6) is -0.809. The molecule has 1 aromatic heterocycles. The number of anilines is 1. The number of carbonyl (C=O) groups excluding carboxylic acids is 3. The Bertz CT molecular complexity index is 874. The first-order chi connectivity index (χ1) is 15.0. The van der Waals surface area contributed by atoms with Crippen LogP contribution < -0.4 is 20.1 Å². The SMILES string of the molecule is COc1cc(OC)nc(NC(=O)COC(=O)C(CCSC)NC(=O)c2ccccc2)n1. The van der Waals surface area contributed by atoms with E-state index in [2.05, 4.69) is 20.6 Å². The first kappa shape index (κ1) is 23.9. The lowest BCUT2D eigenvalue weighted by molar-refractivity contribution is -0.149. The minimum atomic E-state index is -0.888. The van der Waals surface area contributed by atoms with Crippen LogP contribution >= 0.6 is 11.8 Å². The largest absolute Gasteiger partial charge is 0.481 e. The number of carbonyl (C=O) groups is 3. The molecule has 0 spiro atoms. The maximum Gasteiger partial charge on any atom is 0.329 e. The van der Waals surface area contributed by atoms with Crippen LogP contribution in [-0.2, 0) is 14.3 Å². The number of benzene rings is 1. The summed E-state index contributed by atoms with van der Waals surface area (Å²) in [7, 11) is 2.82. The Morgan fingerprint density at radius 3 is 2.29 bits per heavy atom. The molecule has 1 unspecified atom stereocenters. The van der Waals surface area contributed by atoms with Crippen LogP contribution in [0.3, 0.4) is 0 Å². The van der Waals surface area contributed by atoms with Crippen molar-refractivity contribution in [2.75, 3.05) is 38.2 Å². The van der Waals surface area contributed by atoms with Crippen LogP contribution in [-0.4, -0.2) is 66.6 Å². The number of hydrogen-bond acceptors (Lipinski definition) is 9. The minimum Gasteiger partial charge on any atom is -0.481 e. The van der Waals surface area contributed by atoms with Gasteiger partial charge in [-0.2, -0.15) is 21.7 Å². The Kier molecular flexibility index (Phi) is 9.56. The highest BCUT2D eigenvalue weighted by Gasteiger charge is 2.23. The Morgan fingerprint density at radius 2 is 1.71 bits per heavy atom. The first-order valence-electron chi connectivity index (χ1n) is 9.25. The van der Waals surface area contributed by atoms with Gasteiger partial charge in [-0.25, -0.2) is 4.79 Å². The number of esters is 1. The quantitative estimate of drug-likeness (QED) is 0.492. The van der Waals surface area contributed by atoms with Crippen LogP contribution in [0.15, 0.2) is 36.4 Å². The average molecular weight is 449 g/mol. The maximum atomic E-state index is 12.5. The standard InChI is InChI=1S/C20H24N4O6S/c1-28-16-11-17(29-2)24-20(23-16)22-15(25)12-30-19(27)14(9-10-31-3)21-18(26)13-7-5-4-6-8-13/h4-8,11,14H,9-10,12H2,1-3H3,(H,21,26)(H,22,23,24,25). The maximum absolute atomic E-state index is 12.5. The molecule has 1 heterocycles. The molecule has 1 atom stereocenters. The van der Waals surface area contributed by atoms with Crippen LogP contribution in [0, 0.1) is 0 Å². The van der Waals surface area contributed by atoms with Crippen molar-refractivity contribution in [1.29, 1.82) is 0 Å². The Hall–Kier alpha value is -3.34. The third-order valence-corrected chi connectivity index (χ3v) is 4.57. The fourth-order valence-electron chi connectivity index (χ4n) is 2.38. The number of rotatable bonds is 11. The Balaban J connectivity index is 1.95. The molecule has 10 nitrogen and oxygen atoms in total. The van der Waals surface area contributed by atoms with Crippen molar-refractivity contribution in [1.82, 2.24) is 15.3 Å². The van der Waals surface area contributed by atoms with Crippen molar-refractivity contribution in [3.63, 3.8) is 0 Å². The van der Waals surface area contributed by atoms with Gasteiger partial charge in [-0.3, -0.25) is 14.9 Å². The zero-order chi connectivity index (χ0) is 22.6. The highest BCUT2D eigenvalue weighted by Crippen LogP contribution is 2.17. The van der Waals surface area contributed by atoms with Crippen molar-refractivity contribution in [2.24, 2.45) is 0 Å². The number of ether oxygens (including phenoxy) is 3. The van der Waals surface area contributed by atoms with E-state index in [-0.39, 0.29) is 17.7 Å². The predicted molar refractivity (Wildman–Crippen MR) is 115 cm³/mol. The highest BCUT2D eigenvalue weighted by atomic mass is 32.2. The molecular formula is C20H24N4O6S. The molecule has 2 rings (SSSR count). The molecule has 166 valence electrons. The molecule has 2 amide bonds. The number of nitrogens with zero attached hydrogens (tertiary/aromatic N) is 2.